The van der Waals surface area contributed by atoms with E-state index in [0.29, 0.717) is 0 Å². The van der Waals surface area contributed by atoms with Crippen LogP contribution in [0.15, 0.2) is 164 Å². The molecule has 0 atom stereocenters. The molecule has 68 heavy (non-hydrogen) atoms. The number of fused-ring (bicyclic) bond motifs is 1. The van der Waals surface area contributed by atoms with Crippen molar-refractivity contribution in [2.45, 2.75) is 131 Å². The Kier molecular flexibility index (Phi) is 12.7. The molecular weight excluding hydrogens is 821 g/mol. The second kappa shape index (κ2) is 17.9. The maximum Gasteiger partial charge on any atom is 0.0485 e. The summed E-state index contributed by atoms with van der Waals surface area (Å²) < 4.78 is 0. The first-order valence-electron chi connectivity index (χ1n) is 24.7. The van der Waals surface area contributed by atoms with Crippen molar-refractivity contribution in [3.05, 3.63) is 192 Å². The van der Waals surface area contributed by atoms with Crippen LogP contribution < -0.4 is 10.6 Å². The summed E-state index contributed by atoms with van der Waals surface area (Å²) in [6, 6.07) is 61.8. The molecule has 0 spiro atoms. The Morgan fingerprint density at radius 3 is 0.985 bits per heavy atom. The number of hydrogen-bond donors (Lipinski definition) is 2. The lowest BCUT2D eigenvalue weighted by molar-refractivity contribution is 0.589. The van der Waals surface area contributed by atoms with Gasteiger partial charge < -0.3 is 10.6 Å². The summed E-state index contributed by atoms with van der Waals surface area (Å²) in [4.78, 5) is 0. The normalized spacial score (nSPS) is 12.6. The average molecular weight is 895 g/mol. The molecule has 0 saturated carbocycles. The Labute approximate surface area is 409 Å². The fourth-order valence-corrected chi connectivity index (χ4v) is 9.19. The minimum atomic E-state index is -0.0265. The van der Waals surface area contributed by atoms with Crippen molar-refractivity contribution in [2.24, 2.45) is 0 Å². The van der Waals surface area contributed by atoms with Gasteiger partial charge in [0.2, 0.25) is 0 Å². The standard InChI is InChI=1S/C66H74N2/c1-62(2,3)47-29-23-44(24-30-47)54-39-50(65(10,11)12)35-37-58(54)67-60-42-61(68-59-38-36-51(66(13,14)15)40-55(59)45-25-31-48(32-26-45)63(4,5)6)57(53-22-18-20-43-19-16-17-21-52(43)53)41-56(60)46-27-33-49(34-28-46)64(7,8)9/h16-42,67-68H,1-15H3. The molecule has 2 N–H and O–H groups in total. The molecule has 0 aromatic heterocycles. The van der Waals surface area contributed by atoms with Crippen molar-refractivity contribution in [1.82, 2.24) is 0 Å². The summed E-state index contributed by atoms with van der Waals surface area (Å²) in [5.41, 5.74) is 20.2. The van der Waals surface area contributed by atoms with E-state index < -0.39 is 0 Å². The fourth-order valence-electron chi connectivity index (χ4n) is 9.19. The molecular formula is C66H74N2. The summed E-state index contributed by atoms with van der Waals surface area (Å²) in [6.45, 7) is 34.3. The van der Waals surface area contributed by atoms with Gasteiger partial charge >= 0.3 is 0 Å². The highest BCUT2D eigenvalue weighted by molar-refractivity contribution is 6.04. The molecule has 2 nitrogen and oxygen atoms in total. The molecule has 0 radical (unpaired) electrons. The molecule has 0 bridgehead atoms. The lowest BCUT2D eigenvalue weighted by Gasteiger charge is -2.26. The van der Waals surface area contributed by atoms with E-state index in [1.807, 2.05) is 0 Å². The largest absolute Gasteiger partial charge is 0.354 e. The lowest BCUT2D eigenvalue weighted by Crippen LogP contribution is -2.12. The quantitative estimate of drug-likeness (QED) is 0.159. The molecule has 348 valence electrons. The van der Waals surface area contributed by atoms with Crippen molar-refractivity contribution in [1.29, 1.82) is 0 Å². The zero-order valence-corrected chi connectivity index (χ0v) is 43.6. The number of benzene rings is 8. The third-order valence-electron chi connectivity index (χ3n) is 13.7. The Hall–Kier alpha value is -6.38. The van der Waals surface area contributed by atoms with Crippen LogP contribution >= 0.6 is 0 Å². The lowest BCUT2D eigenvalue weighted by atomic mass is 9.83. The van der Waals surface area contributed by atoms with Gasteiger partial charge in [-0.2, -0.15) is 0 Å². The number of hydrogen-bond acceptors (Lipinski definition) is 2. The maximum atomic E-state index is 4.12. The Balaban J connectivity index is 1.39. The van der Waals surface area contributed by atoms with Gasteiger partial charge in [0, 0.05) is 45.0 Å². The average Bonchev–Trinajstić information content (AvgIpc) is 3.28. The predicted molar refractivity (Wildman–Crippen MR) is 299 cm³/mol. The minimum Gasteiger partial charge on any atom is -0.354 e. The highest BCUT2D eigenvalue weighted by atomic mass is 14.9. The van der Waals surface area contributed by atoms with Gasteiger partial charge in [-0.3, -0.25) is 0 Å². The molecule has 8 rings (SSSR count). The SMILES string of the molecule is CC(C)(C)c1ccc(-c2cc(C(C)(C)C)ccc2Nc2cc(Nc3ccc(C(C)(C)C)cc3-c3ccc(C(C)(C)C)cc3)c(-c3cccc4ccccc34)cc2-c2ccc(C(C)(C)C)cc2)cc1. The van der Waals surface area contributed by atoms with Gasteiger partial charge in [-0.25, -0.2) is 0 Å². The van der Waals surface area contributed by atoms with E-state index in [2.05, 4.69) is 278 Å². The smallest absolute Gasteiger partial charge is 0.0485 e. The molecule has 8 aromatic rings. The third kappa shape index (κ3) is 10.4. The summed E-state index contributed by atoms with van der Waals surface area (Å²) in [5.74, 6) is 0. The summed E-state index contributed by atoms with van der Waals surface area (Å²) in [6.07, 6.45) is 0. The van der Waals surface area contributed by atoms with Crippen molar-refractivity contribution in [3.8, 4) is 44.5 Å². The zero-order chi connectivity index (χ0) is 49.0. The van der Waals surface area contributed by atoms with Crippen molar-refractivity contribution in [2.75, 3.05) is 10.6 Å². The maximum absolute atomic E-state index is 4.12. The first-order valence-corrected chi connectivity index (χ1v) is 24.7. The van der Waals surface area contributed by atoms with E-state index in [-0.39, 0.29) is 27.1 Å². The van der Waals surface area contributed by atoms with Gasteiger partial charge in [-0.15, -0.1) is 0 Å². The molecule has 0 saturated heterocycles. The van der Waals surface area contributed by atoms with E-state index in [4.69, 9.17) is 0 Å². The van der Waals surface area contributed by atoms with Crippen LogP contribution in [0.5, 0.6) is 0 Å². The van der Waals surface area contributed by atoms with Gasteiger partial charge in [-0.1, -0.05) is 231 Å². The van der Waals surface area contributed by atoms with Crippen molar-refractivity contribution >= 4 is 33.5 Å². The van der Waals surface area contributed by atoms with E-state index in [1.54, 1.807) is 0 Å². The van der Waals surface area contributed by atoms with Crippen LogP contribution in [-0.4, -0.2) is 0 Å². The van der Waals surface area contributed by atoms with Crippen LogP contribution in [0.4, 0.5) is 22.7 Å². The molecule has 8 aromatic carbocycles. The predicted octanol–water partition coefficient (Wildman–Crippen LogP) is 19.5. The molecule has 0 fully saturated rings. The van der Waals surface area contributed by atoms with Crippen LogP contribution in [0, 0.1) is 0 Å². The summed E-state index contributed by atoms with van der Waals surface area (Å²) >= 11 is 0. The fraction of sp³-hybridized carbons (Fsp3) is 0.303. The molecule has 0 amide bonds. The molecule has 0 unspecified atom stereocenters. The minimum absolute atomic E-state index is 0.0247. The van der Waals surface area contributed by atoms with Crippen LogP contribution in [0.25, 0.3) is 55.3 Å². The molecule has 0 aliphatic rings. The highest BCUT2D eigenvalue weighted by Gasteiger charge is 2.24. The molecule has 0 aliphatic heterocycles. The van der Waals surface area contributed by atoms with Crippen LogP contribution in [-0.2, 0) is 27.1 Å². The second-order valence-electron chi connectivity index (χ2n) is 24.2. The van der Waals surface area contributed by atoms with Crippen LogP contribution in [0.1, 0.15) is 132 Å². The number of rotatable bonds is 8. The Bertz CT molecular complexity index is 3070. The van der Waals surface area contributed by atoms with Crippen LogP contribution in [0.2, 0.25) is 0 Å². The van der Waals surface area contributed by atoms with Gasteiger partial charge in [0.1, 0.15) is 0 Å². The highest BCUT2D eigenvalue weighted by Crippen LogP contribution is 2.46. The second-order valence-corrected chi connectivity index (χ2v) is 24.2. The van der Waals surface area contributed by atoms with E-state index >= 15 is 0 Å². The summed E-state index contributed by atoms with van der Waals surface area (Å²) in [7, 11) is 0. The first kappa shape index (κ1) is 48.1. The topological polar surface area (TPSA) is 24.1 Å². The molecule has 0 aliphatic carbocycles. The van der Waals surface area contributed by atoms with Crippen molar-refractivity contribution < 1.29 is 0 Å². The first-order chi connectivity index (χ1) is 31.8. The van der Waals surface area contributed by atoms with Gasteiger partial charge in [0.05, 0.1) is 0 Å². The monoisotopic (exact) mass is 895 g/mol. The van der Waals surface area contributed by atoms with Gasteiger partial charge in [0.25, 0.3) is 0 Å². The van der Waals surface area contributed by atoms with E-state index in [0.717, 1.165) is 39.4 Å². The number of anilines is 4. The third-order valence-corrected chi connectivity index (χ3v) is 13.7. The van der Waals surface area contributed by atoms with Crippen molar-refractivity contribution in [3.63, 3.8) is 0 Å². The summed E-state index contributed by atoms with van der Waals surface area (Å²) in [5, 5.41) is 10.6. The molecule has 0 heterocycles. The Morgan fingerprint density at radius 1 is 0.250 bits per heavy atom. The number of nitrogens with one attached hydrogen (secondary N) is 2. The van der Waals surface area contributed by atoms with Gasteiger partial charge in [0.15, 0.2) is 0 Å². The van der Waals surface area contributed by atoms with E-state index in [1.165, 1.54) is 66.4 Å². The Morgan fingerprint density at radius 2 is 0.588 bits per heavy atom. The van der Waals surface area contributed by atoms with E-state index in [9.17, 15) is 0 Å². The van der Waals surface area contributed by atoms with Crippen LogP contribution in [0.3, 0.4) is 0 Å². The van der Waals surface area contributed by atoms with Gasteiger partial charge in [-0.05, 0) is 124 Å². The molecule has 2 heteroatoms. The zero-order valence-electron chi connectivity index (χ0n) is 43.6.